The Morgan fingerprint density at radius 2 is 1.57 bits per heavy atom. The molecule has 1 heteroatoms. The van der Waals surface area contributed by atoms with Gasteiger partial charge in [-0.15, -0.1) is 0 Å². The molecule has 1 rings (SSSR count). The number of hydrogen-bond donors (Lipinski definition) is 0. The van der Waals surface area contributed by atoms with Gasteiger partial charge in [-0.05, 0) is 34.9 Å². The van der Waals surface area contributed by atoms with Gasteiger partial charge < -0.3 is 0 Å². The van der Waals surface area contributed by atoms with Crippen molar-refractivity contribution in [1.82, 2.24) is 4.98 Å². The minimum absolute atomic E-state index is 0.315. The lowest BCUT2D eigenvalue weighted by molar-refractivity contribution is 0.258. The van der Waals surface area contributed by atoms with Crippen LogP contribution in [-0.4, -0.2) is 4.98 Å². The van der Waals surface area contributed by atoms with E-state index in [-0.39, 0.29) is 0 Å². The van der Waals surface area contributed by atoms with Crippen LogP contribution in [0, 0.1) is 11.3 Å². The fraction of sp³-hybridized carbons (Fsp3) is 0.615. The maximum atomic E-state index is 4.07. The average Bonchev–Trinajstić information content (AvgIpc) is 2.02. The van der Waals surface area contributed by atoms with Crippen molar-refractivity contribution < 1.29 is 0 Å². The average molecular weight is 191 g/mol. The fourth-order valence-electron chi connectivity index (χ4n) is 2.46. The summed E-state index contributed by atoms with van der Waals surface area (Å²) >= 11 is 0. The maximum absolute atomic E-state index is 4.07. The van der Waals surface area contributed by atoms with Crippen LogP contribution in [0.15, 0.2) is 24.5 Å². The number of rotatable bonds is 2. The number of hydrogen-bond acceptors (Lipinski definition) is 1. The van der Waals surface area contributed by atoms with Crippen LogP contribution in [0.4, 0.5) is 0 Å². The zero-order valence-electron chi connectivity index (χ0n) is 9.91. The Balaban J connectivity index is 3.02. The summed E-state index contributed by atoms with van der Waals surface area (Å²) in [6, 6.07) is 4.27. The normalized spacial score (nSPS) is 14.4. The second-order valence-corrected chi connectivity index (χ2v) is 5.37. The Kier molecular flexibility index (Phi) is 3.30. The smallest absolute Gasteiger partial charge is 0.0270 e. The van der Waals surface area contributed by atoms with Gasteiger partial charge in [-0.25, -0.2) is 0 Å². The van der Waals surface area contributed by atoms with Gasteiger partial charge in [-0.3, -0.25) is 4.98 Å². The van der Waals surface area contributed by atoms with Crippen molar-refractivity contribution in [2.45, 2.75) is 40.5 Å². The van der Waals surface area contributed by atoms with E-state index in [4.69, 9.17) is 0 Å². The molecule has 0 aliphatic carbocycles. The summed E-state index contributed by atoms with van der Waals surface area (Å²) in [6.45, 7) is 11.5. The minimum Gasteiger partial charge on any atom is -0.265 e. The van der Waals surface area contributed by atoms with Gasteiger partial charge >= 0.3 is 0 Å². The Labute approximate surface area is 87.6 Å². The van der Waals surface area contributed by atoms with Gasteiger partial charge in [0.25, 0.3) is 0 Å². The lowest BCUT2D eigenvalue weighted by atomic mass is 9.71. The first-order valence-electron chi connectivity index (χ1n) is 5.33. The standard InChI is InChI=1S/C13H21N/c1-10(2)12(13(3,4)5)11-6-8-14-9-7-11/h6-10,12H,1-5H3. The number of aromatic nitrogens is 1. The molecule has 1 unspecified atom stereocenters. The molecule has 1 aromatic heterocycles. The van der Waals surface area contributed by atoms with E-state index in [1.807, 2.05) is 12.4 Å². The van der Waals surface area contributed by atoms with Crippen molar-refractivity contribution in [3.8, 4) is 0 Å². The molecule has 1 atom stereocenters. The Morgan fingerprint density at radius 1 is 1.07 bits per heavy atom. The SMILES string of the molecule is CC(C)C(c1ccncc1)C(C)(C)C. The van der Waals surface area contributed by atoms with Gasteiger partial charge in [0.05, 0.1) is 0 Å². The molecular formula is C13H21N. The first-order chi connectivity index (χ1) is 6.43. The van der Waals surface area contributed by atoms with E-state index in [2.05, 4.69) is 51.7 Å². The third-order valence-electron chi connectivity index (χ3n) is 2.66. The molecule has 1 aromatic rings. The van der Waals surface area contributed by atoms with E-state index in [1.165, 1.54) is 5.56 Å². The molecule has 0 amide bonds. The van der Waals surface area contributed by atoms with E-state index in [1.54, 1.807) is 0 Å². The van der Waals surface area contributed by atoms with Crippen LogP contribution in [0.5, 0.6) is 0 Å². The van der Waals surface area contributed by atoms with Gasteiger partial charge in [0.15, 0.2) is 0 Å². The molecule has 0 aliphatic heterocycles. The molecule has 0 saturated carbocycles. The van der Waals surface area contributed by atoms with E-state index in [0.29, 0.717) is 17.3 Å². The Bertz CT molecular complexity index is 269. The van der Waals surface area contributed by atoms with Gasteiger partial charge in [0.2, 0.25) is 0 Å². The van der Waals surface area contributed by atoms with Crippen molar-refractivity contribution in [1.29, 1.82) is 0 Å². The van der Waals surface area contributed by atoms with Crippen LogP contribution >= 0.6 is 0 Å². The highest BCUT2D eigenvalue weighted by Crippen LogP contribution is 2.40. The highest BCUT2D eigenvalue weighted by Gasteiger charge is 2.28. The van der Waals surface area contributed by atoms with Crippen LogP contribution in [0.3, 0.4) is 0 Å². The van der Waals surface area contributed by atoms with Gasteiger partial charge in [0.1, 0.15) is 0 Å². The third-order valence-corrected chi connectivity index (χ3v) is 2.66. The molecule has 14 heavy (non-hydrogen) atoms. The van der Waals surface area contributed by atoms with Crippen molar-refractivity contribution in [3.63, 3.8) is 0 Å². The zero-order chi connectivity index (χ0) is 10.8. The van der Waals surface area contributed by atoms with Gasteiger partial charge in [0, 0.05) is 12.4 Å². The van der Waals surface area contributed by atoms with Gasteiger partial charge in [-0.1, -0.05) is 34.6 Å². The first kappa shape index (κ1) is 11.2. The van der Waals surface area contributed by atoms with Crippen LogP contribution in [-0.2, 0) is 0 Å². The maximum Gasteiger partial charge on any atom is 0.0270 e. The van der Waals surface area contributed by atoms with Crippen LogP contribution in [0.1, 0.15) is 46.1 Å². The van der Waals surface area contributed by atoms with Crippen molar-refractivity contribution in [3.05, 3.63) is 30.1 Å². The molecule has 1 nitrogen and oxygen atoms in total. The first-order valence-corrected chi connectivity index (χ1v) is 5.33. The van der Waals surface area contributed by atoms with Crippen LogP contribution in [0.2, 0.25) is 0 Å². The van der Waals surface area contributed by atoms with E-state index < -0.39 is 0 Å². The summed E-state index contributed by atoms with van der Waals surface area (Å²) in [7, 11) is 0. The van der Waals surface area contributed by atoms with E-state index in [0.717, 1.165) is 0 Å². The monoisotopic (exact) mass is 191 g/mol. The molecule has 0 radical (unpaired) electrons. The van der Waals surface area contributed by atoms with E-state index in [9.17, 15) is 0 Å². The second-order valence-electron chi connectivity index (χ2n) is 5.37. The van der Waals surface area contributed by atoms with Crippen LogP contribution in [0.25, 0.3) is 0 Å². The molecule has 0 saturated heterocycles. The largest absolute Gasteiger partial charge is 0.265 e. The summed E-state index contributed by atoms with van der Waals surface area (Å²) in [5.41, 5.74) is 1.72. The summed E-state index contributed by atoms with van der Waals surface area (Å²) in [5, 5.41) is 0. The predicted molar refractivity (Wildman–Crippen MR) is 61.3 cm³/mol. The number of pyridine rings is 1. The highest BCUT2D eigenvalue weighted by atomic mass is 14.6. The lowest BCUT2D eigenvalue weighted by Gasteiger charge is -2.34. The zero-order valence-corrected chi connectivity index (χ0v) is 9.91. The summed E-state index contributed by atoms with van der Waals surface area (Å²) < 4.78 is 0. The van der Waals surface area contributed by atoms with Crippen molar-refractivity contribution >= 4 is 0 Å². The molecule has 0 N–H and O–H groups in total. The minimum atomic E-state index is 0.315. The van der Waals surface area contributed by atoms with Gasteiger partial charge in [-0.2, -0.15) is 0 Å². The second kappa shape index (κ2) is 4.12. The van der Waals surface area contributed by atoms with Crippen molar-refractivity contribution in [2.75, 3.05) is 0 Å². The summed E-state index contributed by atoms with van der Waals surface area (Å²) in [5.74, 6) is 1.27. The molecule has 0 bridgehead atoms. The Morgan fingerprint density at radius 3 is 1.93 bits per heavy atom. The molecular weight excluding hydrogens is 170 g/mol. The molecule has 78 valence electrons. The predicted octanol–water partition coefficient (Wildman–Crippen LogP) is 3.87. The molecule has 0 spiro atoms. The van der Waals surface area contributed by atoms with E-state index >= 15 is 0 Å². The molecule has 1 heterocycles. The summed E-state index contributed by atoms with van der Waals surface area (Å²) in [4.78, 5) is 4.07. The fourth-order valence-corrected chi connectivity index (χ4v) is 2.46. The lowest BCUT2D eigenvalue weighted by Crippen LogP contribution is -2.23. The highest BCUT2D eigenvalue weighted by molar-refractivity contribution is 5.18. The Hall–Kier alpha value is -0.850. The molecule has 0 aliphatic rings. The van der Waals surface area contributed by atoms with Crippen molar-refractivity contribution in [2.24, 2.45) is 11.3 Å². The molecule has 0 fully saturated rings. The summed E-state index contributed by atoms with van der Waals surface area (Å²) in [6.07, 6.45) is 3.77. The van der Waals surface area contributed by atoms with Crippen LogP contribution < -0.4 is 0 Å². The topological polar surface area (TPSA) is 12.9 Å². The quantitative estimate of drug-likeness (QED) is 0.691. The third kappa shape index (κ3) is 2.57. The number of nitrogens with zero attached hydrogens (tertiary/aromatic N) is 1. The molecule has 0 aromatic carbocycles.